The fourth-order valence-electron chi connectivity index (χ4n) is 3.69. The van der Waals surface area contributed by atoms with Crippen molar-refractivity contribution in [1.29, 1.82) is 0 Å². The van der Waals surface area contributed by atoms with E-state index in [1.165, 1.54) is 11.8 Å². The van der Waals surface area contributed by atoms with Crippen LogP contribution in [0.2, 0.25) is 5.02 Å². The van der Waals surface area contributed by atoms with E-state index >= 15 is 0 Å². The average molecular weight is 683 g/mol. The molecule has 0 fully saturated rings. The van der Waals surface area contributed by atoms with Gasteiger partial charge < -0.3 is 9.47 Å². The molecule has 38 heavy (non-hydrogen) atoms. The van der Waals surface area contributed by atoms with Crippen molar-refractivity contribution in [3.05, 3.63) is 102 Å². The Hall–Kier alpha value is -2.60. The molecule has 8 nitrogen and oxygen atoms in total. The highest BCUT2D eigenvalue weighted by molar-refractivity contribution is 9.10. The maximum absolute atomic E-state index is 11.7. The lowest BCUT2D eigenvalue weighted by molar-refractivity contribution is -0.479. The summed E-state index contributed by atoms with van der Waals surface area (Å²) < 4.78 is 15.5. The first kappa shape index (κ1) is 28.4. The molecule has 1 atom stereocenters. The topological polar surface area (TPSA) is 92.3 Å². The van der Waals surface area contributed by atoms with Crippen LogP contribution < -0.4 is 9.47 Å². The Kier molecular flexibility index (Phi) is 9.69. The van der Waals surface area contributed by atoms with Gasteiger partial charge in [0.25, 0.3) is 0 Å². The van der Waals surface area contributed by atoms with Crippen molar-refractivity contribution in [2.24, 2.45) is 0 Å². The van der Waals surface area contributed by atoms with Gasteiger partial charge in [-0.3, -0.25) is 14.7 Å². The predicted octanol–water partition coefficient (Wildman–Crippen LogP) is 7.84. The largest absolute Gasteiger partial charge is 0.490 e. The van der Waals surface area contributed by atoms with Crippen LogP contribution in [-0.2, 0) is 6.61 Å². The summed E-state index contributed by atoms with van der Waals surface area (Å²) in [6.07, 6.45) is 0. The first-order chi connectivity index (χ1) is 18.2. The monoisotopic (exact) mass is 680 g/mol. The molecule has 4 aromatic rings. The van der Waals surface area contributed by atoms with Crippen molar-refractivity contribution < 1.29 is 14.4 Å². The summed E-state index contributed by atoms with van der Waals surface area (Å²) in [5.74, 6) is 1.68. The van der Waals surface area contributed by atoms with Crippen molar-refractivity contribution in [3.8, 4) is 17.2 Å². The minimum atomic E-state index is -0.573. The van der Waals surface area contributed by atoms with Gasteiger partial charge in [0.2, 0.25) is 6.54 Å². The molecule has 0 amide bonds. The Morgan fingerprint density at radius 3 is 2.45 bits per heavy atom. The maximum atomic E-state index is 11.7. The van der Waals surface area contributed by atoms with E-state index in [2.05, 4.69) is 42.1 Å². The molecule has 3 aromatic carbocycles. The number of nitro groups is 1. The quantitative estimate of drug-likeness (QED) is 0.0904. The van der Waals surface area contributed by atoms with Crippen molar-refractivity contribution in [2.75, 3.05) is 13.2 Å². The number of aryl methyl sites for hydroxylation is 1. The molecule has 1 aromatic heterocycles. The summed E-state index contributed by atoms with van der Waals surface area (Å²) in [4.78, 5) is 11.3. The zero-order valence-electron chi connectivity index (χ0n) is 20.4. The lowest BCUT2D eigenvalue weighted by atomic mass is 10.1. The van der Waals surface area contributed by atoms with Gasteiger partial charge in [0.15, 0.2) is 16.7 Å². The number of thioether (sulfide) groups is 1. The molecule has 0 unspecified atom stereocenters. The van der Waals surface area contributed by atoms with E-state index in [9.17, 15) is 10.1 Å². The average Bonchev–Trinajstić information content (AvgIpc) is 3.24. The third-order valence-electron chi connectivity index (χ3n) is 5.44. The van der Waals surface area contributed by atoms with Gasteiger partial charge in [-0.25, -0.2) is 0 Å². The first-order valence-electron chi connectivity index (χ1n) is 11.5. The molecular formula is C26H23Br2ClN4O4S. The number of ether oxygens (including phenoxy) is 2. The zero-order chi connectivity index (χ0) is 27.2. The number of halogens is 3. The smallest absolute Gasteiger partial charge is 0.220 e. The minimum Gasteiger partial charge on any atom is -0.490 e. The SMILES string of the molecule is CCOc1cc([C@H](C[N+](=O)[O-])Sc2nnc(C)n2-c2ccc(Cl)cc2)cc(Br)c1OCc1ccc(Br)cc1. The lowest BCUT2D eigenvalue weighted by Gasteiger charge is -2.19. The predicted molar refractivity (Wildman–Crippen MR) is 155 cm³/mol. The molecular weight excluding hydrogens is 660 g/mol. The highest BCUT2D eigenvalue weighted by atomic mass is 79.9. The summed E-state index contributed by atoms with van der Waals surface area (Å²) in [5.41, 5.74) is 2.50. The molecule has 198 valence electrons. The van der Waals surface area contributed by atoms with Crippen molar-refractivity contribution in [1.82, 2.24) is 14.8 Å². The van der Waals surface area contributed by atoms with Crippen LogP contribution in [0.1, 0.15) is 29.1 Å². The maximum Gasteiger partial charge on any atom is 0.220 e. The number of rotatable bonds is 11. The van der Waals surface area contributed by atoms with Gasteiger partial charge in [-0.2, -0.15) is 0 Å². The van der Waals surface area contributed by atoms with E-state index in [4.69, 9.17) is 21.1 Å². The van der Waals surface area contributed by atoms with E-state index in [1.807, 2.05) is 60.9 Å². The molecule has 1 heterocycles. The van der Waals surface area contributed by atoms with Gasteiger partial charge in [0.1, 0.15) is 17.7 Å². The Balaban J connectivity index is 1.66. The number of benzene rings is 3. The second-order valence-electron chi connectivity index (χ2n) is 8.14. The number of hydrogen-bond donors (Lipinski definition) is 0. The van der Waals surface area contributed by atoms with Gasteiger partial charge in [-0.05, 0) is 89.4 Å². The van der Waals surface area contributed by atoms with Crippen LogP contribution in [0.4, 0.5) is 0 Å². The number of nitrogens with zero attached hydrogens (tertiary/aromatic N) is 4. The summed E-state index contributed by atoms with van der Waals surface area (Å²) in [5, 5.41) is 20.8. The van der Waals surface area contributed by atoms with E-state index in [1.54, 1.807) is 18.2 Å². The molecule has 0 radical (unpaired) electrons. The number of hydrogen-bond acceptors (Lipinski definition) is 7. The molecule has 12 heteroatoms. The van der Waals surface area contributed by atoms with Gasteiger partial charge in [-0.1, -0.05) is 51.4 Å². The summed E-state index contributed by atoms with van der Waals surface area (Å²) in [6.45, 7) is 4.12. The van der Waals surface area contributed by atoms with Crippen LogP contribution >= 0.6 is 55.2 Å². The Labute approximate surface area is 246 Å². The van der Waals surface area contributed by atoms with Gasteiger partial charge >= 0.3 is 0 Å². The third-order valence-corrected chi connectivity index (χ3v) is 7.99. The molecule has 4 rings (SSSR count). The minimum absolute atomic E-state index is 0.325. The fourth-order valence-corrected chi connectivity index (χ4v) is 5.81. The lowest BCUT2D eigenvalue weighted by Crippen LogP contribution is -2.12. The van der Waals surface area contributed by atoms with Crippen molar-refractivity contribution in [3.63, 3.8) is 0 Å². The molecule has 0 saturated heterocycles. The zero-order valence-corrected chi connectivity index (χ0v) is 25.2. The van der Waals surface area contributed by atoms with Crippen LogP contribution in [0.5, 0.6) is 11.5 Å². The molecule has 0 aliphatic heterocycles. The molecule has 0 bridgehead atoms. The fraction of sp³-hybridized carbons (Fsp3) is 0.231. The van der Waals surface area contributed by atoms with Gasteiger partial charge in [-0.15, -0.1) is 10.2 Å². The highest BCUT2D eigenvalue weighted by Gasteiger charge is 2.26. The van der Waals surface area contributed by atoms with Crippen LogP contribution in [0, 0.1) is 17.0 Å². The standard InChI is InChI=1S/C26H23Br2ClN4O4S/c1-3-36-23-13-18(12-22(28)25(23)37-15-17-4-6-19(27)7-5-17)24(14-32(34)35)38-26-31-30-16(2)33(26)21-10-8-20(29)9-11-21/h4-13,24H,3,14-15H2,1-2H3/t24-/m0/s1. The second kappa shape index (κ2) is 13.0. The van der Waals surface area contributed by atoms with E-state index in [-0.39, 0.29) is 11.5 Å². The summed E-state index contributed by atoms with van der Waals surface area (Å²) in [6, 6.07) is 18.7. The molecule has 0 aliphatic carbocycles. The molecule has 0 aliphatic rings. The van der Waals surface area contributed by atoms with Crippen LogP contribution in [0.15, 0.2) is 74.8 Å². The Bertz CT molecular complexity index is 1420. The molecule has 0 spiro atoms. The second-order valence-corrected chi connectivity index (χ2v) is 11.5. The normalized spacial score (nSPS) is 11.8. The number of aromatic nitrogens is 3. The molecule has 0 saturated carbocycles. The molecule has 0 N–H and O–H groups in total. The van der Waals surface area contributed by atoms with Crippen LogP contribution in [0.3, 0.4) is 0 Å². The summed E-state index contributed by atoms with van der Waals surface area (Å²) >= 11 is 14.4. The Morgan fingerprint density at radius 2 is 1.79 bits per heavy atom. The van der Waals surface area contributed by atoms with Gasteiger partial charge in [0.05, 0.1) is 11.1 Å². The highest BCUT2D eigenvalue weighted by Crippen LogP contribution is 2.43. The van der Waals surface area contributed by atoms with Crippen molar-refractivity contribution in [2.45, 2.75) is 30.9 Å². The summed E-state index contributed by atoms with van der Waals surface area (Å²) in [7, 11) is 0. The third kappa shape index (κ3) is 7.07. The van der Waals surface area contributed by atoms with E-state index in [0.29, 0.717) is 50.8 Å². The Morgan fingerprint density at radius 1 is 1.08 bits per heavy atom. The van der Waals surface area contributed by atoms with Crippen molar-refractivity contribution >= 4 is 55.2 Å². The van der Waals surface area contributed by atoms with Gasteiger partial charge in [0, 0.05) is 20.1 Å². The van der Waals surface area contributed by atoms with Crippen LogP contribution in [0.25, 0.3) is 5.69 Å². The first-order valence-corrected chi connectivity index (χ1v) is 14.4. The van der Waals surface area contributed by atoms with E-state index < -0.39 is 5.25 Å². The van der Waals surface area contributed by atoms with E-state index in [0.717, 1.165) is 15.7 Å². The van der Waals surface area contributed by atoms with Crippen LogP contribution in [-0.4, -0.2) is 32.8 Å².